The van der Waals surface area contributed by atoms with Crippen LogP contribution < -0.4 is 15.4 Å². The van der Waals surface area contributed by atoms with E-state index in [1.165, 1.54) is 0 Å². The highest BCUT2D eigenvalue weighted by Crippen LogP contribution is 2.29. The normalized spacial score (nSPS) is 11.0. The number of nitrogens with one attached hydrogen (secondary N) is 2. The van der Waals surface area contributed by atoms with Crippen LogP contribution in [0.3, 0.4) is 0 Å². The van der Waals surface area contributed by atoms with Crippen molar-refractivity contribution in [2.24, 2.45) is 0 Å². The van der Waals surface area contributed by atoms with Gasteiger partial charge in [0.15, 0.2) is 0 Å². The van der Waals surface area contributed by atoms with Gasteiger partial charge in [-0.2, -0.15) is 0 Å². The molecule has 0 aliphatic carbocycles. The largest absolute Gasteiger partial charge is 0.456 e. The molecule has 0 unspecified atom stereocenters. The van der Waals surface area contributed by atoms with Crippen LogP contribution in [0.5, 0.6) is 11.5 Å². The smallest absolute Gasteiger partial charge is 0.267 e. The molecule has 0 saturated heterocycles. The lowest BCUT2D eigenvalue weighted by Crippen LogP contribution is -2.36. The monoisotopic (exact) mass is 480 g/mol. The number of carbonyl (C=O) groups excluding carboxylic acids is 2. The molecule has 2 amide bonds. The number of aliphatic hydroxyl groups is 1. The van der Waals surface area contributed by atoms with Crippen molar-refractivity contribution in [3.8, 4) is 11.5 Å². The zero-order valence-corrected chi connectivity index (χ0v) is 18.1. The third-order valence-electron chi connectivity index (χ3n) is 4.18. The Labute approximate surface area is 188 Å². The zero-order chi connectivity index (χ0) is 22.1. The number of benzene rings is 3. The zero-order valence-electron chi connectivity index (χ0n) is 16.5. The SMILES string of the molecule is O=C(NCCO)/C(=C/c1ccc(Oc2ccccc2Br)cc1)NC(=O)c1ccccc1. The number of carbonyl (C=O) groups is 2. The maximum absolute atomic E-state index is 12.5. The molecule has 0 fully saturated rings. The van der Waals surface area contributed by atoms with E-state index in [4.69, 9.17) is 9.84 Å². The Balaban J connectivity index is 1.79. The van der Waals surface area contributed by atoms with Crippen molar-refractivity contribution in [3.05, 3.63) is 100 Å². The molecule has 0 saturated carbocycles. The molecule has 0 aliphatic heterocycles. The topological polar surface area (TPSA) is 87.7 Å². The van der Waals surface area contributed by atoms with Crippen LogP contribution in [0.25, 0.3) is 6.08 Å². The molecule has 31 heavy (non-hydrogen) atoms. The van der Waals surface area contributed by atoms with E-state index >= 15 is 0 Å². The minimum Gasteiger partial charge on any atom is -0.456 e. The Morgan fingerprint density at radius 1 is 0.935 bits per heavy atom. The molecule has 0 heterocycles. The molecule has 3 N–H and O–H groups in total. The van der Waals surface area contributed by atoms with E-state index in [0.717, 1.165) is 4.47 Å². The first kappa shape index (κ1) is 22.3. The number of amides is 2. The van der Waals surface area contributed by atoms with Gasteiger partial charge in [-0.05, 0) is 64.0 Å². The Hall–Kier alpha value is -3.42. The van der Waals surface area contributed by atoms with Gasteiger partial charge >= 0.3 is 0 Å². The van der Waals surface area contributed by atoms with Crippen molar-refractivity contribution in [2.75, 3.05) is 13.2 Å². The maximum Gasteiger partial charge on any atom is 0.267 e. The van der Waals surface area contributed by atoms with Crippen LogP contribution in [-0.2, 0) is 4.79 Å². The summed E-state index contributed by atoms with van der Waals surface area (Å²) in [7, 11) is 0. The summed E-state index contributed by atoms with van der Waals surface area (Å²) in [6, 6.07) is 23.2. The van der Waals surface area contributed by atoms with Gasteiger partial charge in [-0.25, -0.2) is 0 Å². The van der Waals surface area contributed by atoms with Gasteiger partial charge in [0, 0.05) is 12.1 Å². The summed E-state index contributed by atoms with van der Waals surface area (Å²) in [5.41, 5.74) is 1.20. The van der Waals surface area contributed by atoms with E-state index < -0.39 is 11.8 Å². The predicted molar refractivity (Wildman–Crippen MR) is 123 cm³/mol. The number of ether oxygens (including phenoxy) is 1. The van der Waals surface area contributed by atoms with Crippen molar-refractivity contribution in [1.29, 1.82) is 0 Å². The highest BCUT2D eigenvalue weighted by Gasteiger charge is 2.14. The van der Waals surface area contributed by atoms with E-state index in [-0.39, 0.29) is 18.8 Å². The fourth-order valence-corrected chi connectivity index (χ4v) is 3.03. The lowest BCUT2D eigenvalue weighted by molar-refractivity contribution is -0.117. The molecule has 7 heteroatoms. The van der Waals surface area contributed by atoms with Crippen molar-refractivity contribution in [1.82, 2.24) is 10.6 Å². The van der Waals surface area contributed by atoms with Crippen LogP contribution in [0.1, 0.15) is 15.9 Å². The Bertz CT molecular complexity index is 1070. The molecule has 3 aromatic carbocycles. The molecule has 0 aromatic heterocycles. The summed E-state index contributed by atoms with van der Waals surface area (Å²) >= 11 is 3.44. The third kappa shape index (κ3) is 6.53. The van der Waals surface area contributed by atoms with Crippen molar-refractivity contribution in [3.63, 3.8) is 0 Å². The van der Waals surface area contributed by atoms with Crippen LogP contribution in [0.4, 0.5) is 0 Å². The molecule has 0 radical (unpaired) electrons. The number of rotatable bonds is 8. The van der Waals surface area contributed by atoms with Gasteiger partial charge in [-0.15, -0.1) is 0 Å². The second-order valence-electron chi connectivity index (χ2n) is 6.46. The van der Waals surface area contributed by atoms with Crippen molar-refractivity contribution in [2.45, 2.75) is 0 Å². The second-order valence-corrected chi connectivity index (χ2v) is 7.31. The molecule has 0 bridgehead atoms. The van der Waals surface area contributed by atoms with Crippen LogP contribution in [0, 0.1) is 0 Å². The van der Waals surface area contributed by atoms with Gasteiger partial charge < -0.3 is 20.5 Å². The Kier molecular flexibility index (Phi) is 7.98. The second kappa shape index (κ2) is 11.1. The van der Waals surface area contributed by atoms with E-state index in [1.807, 2.05) is 24.3 Å². The van der Waals surface area contributed by atoms with Crippen molar-refractivity contribution < 1.29 is 19.4 Å². The van der Waals surface area contributed by atoms with Crippen LogP contribution in [-0.4, -0.2) is 30.1 Å². The molecule has 0 spiro atoms. The quantitative estimate of drug-likeness (QED) is 0.423. The Morgan fingerprint density at radius 3 is 2.29 bits per heavy atom. The van der Waals surface area contributed by atoms with Gasteiger partial charge in [-0.3, -0.25) is 9.59 Å². The average molecular weight is 481 g/mol. The molecular weight excluding hydrogens is 460 g/mol. The minimum absolute atomic E-state index is 0.0711. The number of halogens is 1. The summed E-state index contributed by atoms with van der Waals surface area (Å²) in [6.07, 6.45) is 1.57. The fraction of sp³-hybridized carbons (Fsp3) is 0.0833. The van der Waals surface area contributed by atoms with Crippen LogP contribution >= 0.6 is 15.9 Å². The van der Waals surface area contributed by atoms with Gasteiger partial charge in [0.05, 0.1) is 11.1 Å². The average Bonchev–Trinajstić information content (AvgIpc) is 2.80. The van der Waals surface area contributed by atoms with E-state index in [1.54, 1.807) is 60.7 Å². The lowest BCUT2D eigenvalue weighted by atomic mass is 10.1. The van der Waals surface area contributed by atoms with E-state index in [2.05, 4.69) is 26.6 Å². The van der Waals surface area contributed by atoms with Crippen molar-refractivity contribution >= 4 is 33.8 Å². The summed E-state index contributed by atoms with van der Waals surface area (Å²) < 4.78 is 6.69. The summed E-state index contributed by atoms with van der Waals surface area (Å²) in [6.45, 7) is -0.122. The summed E-state index contributed by atoms with van der Waals surface area (Å²) in [5.74, 6) is 0.417. The summed E-state index contributed by atoms with van der Waals surface area (Å²) in [5, 5.41) is 14.2. The first-order valence-electron chi connectivity index (χ1n) is 9.56. The molecular formula is C24H21BrN2O4. The Morgan fingerprint density at radius 2 is 1.61 bits per heavy atom. The van der Waals surface area contributed by atoms with Gasteiger partial charge in [-0.1, -0.05) is 42.5 Å². The van der Waals surface area contributed by atoms with Gasteiger partial charge in [0.1, 0.15) is 17.2 Å². The molecule has 3 aromatic rings. The molecule has 0 aliphatic rings. The van der Waals surface area contributed by atoms with Gasteiger partial charge in [0.2, 0.25) is 0 Å². The fourth-order valence-electron chi connectivity index (χ4n) is 2.66. The number of aliphatic hydroxyl groups excluding tert-OH is 1. The van der Waals surface area contributed by atoms with Crippen LogP contribution in [0.2, 0.25) is 0 Å². The number of para-hydroxylation sites is 1. The van der Waals surface area contributed by atoms with Gasteiger partial charge in [0.25, 0.3) is 11.8 Å². The highest BCUT2D eigenvalue weighted by atomic mass is 79.9. The lowest BCUT2D eigenvalue weighted by Gasteiger charge is -2.11. The first-order chi connectivity index (χ1) is 15.1. The number of hydrogen-bond acceptors (Lipinski definition) is 4. The van der Waals surface area contributed by atoms with Crippen LogP contribution in [0.15, 0.2) is 89.0 Å². The maximum atomic E-state index is 12.5. The third-order valence-corrected chi connectivity index (χ3v) is 4.84. The molecule has 6 nitrogen and oxygen atoms in total. The minimum atomic E-state index is -0.494. The molecule has 3 rings (SSSR count). The van der Waals surface area contributed by atoms with E-state index in [9.17, 15) is 9.59 Å². The highest BCUT2D eigenvalue weighted by molar-refractivity contribution is 9.10. The molecule has 0 atom stereocenters. The molecule has 158 valence electrons. The first-order valence-corrected chi connectivity index (χ1v) is 10.4. The summed E-state index contributed by atoms with van der Waals surface area (Å²) in [4.78, 5) is 25.0. The number of hydrogen-bond donors (Lipinski definition) is 3. The predicted octanol–water partition coefficient (Wildman–Crippen LogP) is 4.12. The van der Waals surface area contributed by atoms with E-state index in [0.29, 0.717) is 22.6 Å². The standard InChI is InChI=1S/C24H21BrN2O4/c25-20-8-4-5-9-22(20)31-19-12-10-17(11-13-19)16-21(24(30)26-14-15-28)27-23(29)18-6-2-1-3-7-18/h1-13,16,28H,14-15H2,(H,26,30)(H,27,29)/b21-16-.